The summed E-state index contributed by atoms with van der Waals surface area (Å²) in [4.78, 5) is 46.5. The Hall–Kier alpha value is -5.43. The number of rotatable bonds is 17. The number of pyridine rings is 1. The zero-order valence-electron chi connectivity index (χ0n) is 35.3. The van der Waals surface area contributed by atoms with Crippen LogP contribution < -0.4 is 15.4 Å². The fourth-order valence-electron chi connectivity index (χ4n) is 7.57. The number of nitrogens with one attached hydrogen (secondary N) is 2. The number of nitriles is 1. The fraction of sp³-hybridized carbons (Fsp3) is 0.333. The van der Waals surface area contributed by atoms with E-state index in [1.165, 1.54) is 32.9 Å². The van der Waals surface area contributed by atoms with Gasteiger partial charge in [-0.1, -0.05) is 74.5 Å². The van der Waals surface area contributed by atoms with Crippen LogP contribution in [0.25, 0.3) is 42.2 Å². The molecule has 11 nitrogen and oxygen atoms in total. The van der Waals surface area contributed by atoms with Gasteiger partial charge in [-0.05, 0) is 41.8 Å². The first kappa shape index (κ1) is 43.2. The number of likely N-dealkylation sites (tertiary alicyclic amines) is 2. The second-order valence-electron chi connectivity index (χ2n) is 16.2. The molecule has 0 spiro atoms. The number of thiazole rings is 2. The summed E-state index contributed by atoms with van der Waals surface area (Å²) in [6.07, 6.45) is 5.71. The minimum atomic E-state index is -0.233. The van der Waals surface area contributed by atoms with E-state index in [9.17, 15) is 14.9 Å². The molecule has 1 unspecified atom stereocenters. The van der Waals surface area contributed by atoms with Crippen molar-refractivity contribution in [1.29, 1.82) is 5.26 Å². The third-order valence-electron chi connectivity index (χ3n) is 11.1. The molecule has 0 bridgehead atoms. The van der Waals surface area contributed by atoms with E-state index in [4.69, 9.17) is 9.72 Å². The molecule has 2 saturated heterocycles. The molecule has 14 heteroatoms. The van der Waals surface area contributed by atoms with Crippen LogP contribution in [0.5, 0.6) is 5.75 Å². The number of aromatic nitrogens is 3. The number of nitrogens with zero attached hydrogens (tertiary/aromatic N) is 6. The van der Waals surface area contributed by atoms with Gasteiger partial charge in [-0.2, -0.15) is 5.26 Å². The summed E-state index contributed by atoms with van der Waals surface area (Å²) in [5.74, 6) is 0.624. The number of hydrogen-bond donors (Lipinski definition) is 2. The Morgan fingerprint density at radius 1 is 0.774 bits per heavy atom. The van der Waals surface area contributed by atoms with Crippen molar-refractivity contribution in [2.24, 2.45) is 11.8 Å². The highest BCUT2D eigenvalue weighted by molar-refractivity contribution is 7.99. The lowest BCUT2D eigenvalue weighted by atomic mass is 9.98. The highest BCUT2D eigenvalue weighted by atomic mass is 32.2. The van der Waals surface area contributed by atoms with E-state index < -0.39 is 0 Å². The minimum Gasteiger partial charge on any atom is -0.488 e. The van der Waals surface area contributed by atoms with Crippen molar-refractivity contribution in [2.45, 2.75) is 56.5 Å². The SMILES string of the molecule is CNC(=O)C1CN(Cc2ccc(-c3ncc(-c4cc(C#N)c(OC(C)CCNC(=O)C5CN(Cc6ccc(-c7ncc(-c8ccc(SC(C)C)cc8)s7)cc6)C5)cn4)s3)cc2)C1. The Morgan fingerprint density at radius 2 is 1.32 bits per heavy atom. The number of thioether (sulfide) groups is 1. The molecule has 6 aromatic rings. The lowest BCUT2D eigenvalue weighted by Crippen LogP contribution is -2.53. The predicted octanol–water partition coefficient (Wildman–Crippen LogP) is 8.62. The highest BCUT2D eigenvalue weighted by Crippen LogP contribution is 2.35. The van der Waals surface area contributed by atoms with Gasteiger partial charge in [0.15, 0.2) is 5.75 Å². The van der Waals surface area contributed by atoms with Gasteiger partial charge < -0.3 is 15.4 Å². The quantitative estimate of drug-likeness (QED) is 0.0858. The van der Waals surface area contributed by atoms with Crippen molar-refractivity contribution in [3.63, 3.8) is 0 Å². The topological polar surface area (TPSA) is 136 Å². The molecule has 2 aliphatic rings. The van der Waals surface area contributed by atoms with Gasteiger partial charge in [0, 0.05) is 92.9 Å². The zero-order valence-corrected chi connectivity index (χ0v) is 37.8. The van der Waals surface area contributed by atoms with Gasteiger partial charge in [0.1, 0.15) is 16.1 Å². The first-order valence-electron chi connectivity index (χ1n) is 21.0. The van der Waals surface area contributed by atoms with E-state index in [0.29, 0.717) is 35.2 Å². The molecular formula is C48H50N8O3S3. The van der Waals surface area contributed by atoms with Crippen LogP contribution in [0.1, 0.15) is 43.9 Å². The van der Waals surface area contributed by atoms with E-state index in [-0.39, 0.29) is 29.8 Å². The van der Waals surface area contributed by atoms with Gasteiger partial charge in [-0.3, -0.25) is 24.4 Å². The van der Waals surface area contributed by atoms with Crippen LogP contribution in [-0.2, 0) is 22.7 Å². The number of benzene rings is 3. The summed E-state index contributed by atoms with van der Waals surface area (Å²) in [5, 5.41) is 18.2. The smallest absolute Gasteiger partial charge is 0.225 e. The van der Waals surface area contributed by atoms with Gasteiger partial charge in [0.05, 0.1) is 45.1 Å². The maximum absolute atomic E-state index is 12.9. The van der Waals surface area contributed by atoms with Crippen molar-refractivity contribution in [3.05, 3.63) is 114 Å². The molecule has 0 radical (unpaired) electrons. The van der Waals surface area contributed by atoms with Crippen LogP contribution in [0.4, 0.5) is 0 Å². The Kier molecular flexibility index (Phi) is 13.8. The van der Waals surface area contributed by atoms with Crippen molar-refractivity contribution in [2.75, 3.05) is 39.8 Å². The molecule has 3 aromatic carbocycles. The summed E-state index contributed by atoms with van der Waals surface area (Å²) < 4.78 is 6.13. The summed E-state index contributed by atoms with van der Waals surface area (Å²) in [7, 11) is 1.68. The Balaban J connectivity index is 0.747. The van der Waals surface area contributed by atoms with Gasteiger partial charge in [0.25, 0.3) is 0 Å². The number of hydrogen-bond acceptors (Lipinski definition) is 12. The second kappa shape index (κ2) is 19.7. The lowest BCUT2D eigenvalue weighted by Gasteiger charge is -2.38. The van der Waals surface area contributed by atoms with Gasteiger partial charge >= 0.3 is 0 Å². The average Bonchev–Trinajstić information content (AvgIpc) is 3.95. The number of ether oxygens (including phenoxy) is 1. The van der Waals surface area contributed by atoms with Crippen LogP contribution in [0.15, 0.2) is 102 Å². The first-order chi connectivity index (χ1) is 30.1. The number of amides is 2. The monoisotopic (exact) mass is 882 g/mol. The van der Waals surface area contributed by atoms with E-state index >= 15 is 0 Å². The van der Waals surface area contributed by atoms with E-state index in [0.717, 1.165) is 70.2 Å². The Labute approximate surface area is 375 Å². The van der Waals surface area contributed by atoms with Crippen LogP contribution >= 0.6 is 34.4 Å². The molecule has 1 atom stereocenters. The Morgan fingerprint density at radius 3 is 1.89 bits per heavy atom. The van der Waals surface area contributed by atoms with Gasteiger partial charge in [-0.15, -0.1) is 34.4 Å². The highest BCUT2D eigenvalue weighted by Gasteiger charge is 2.33. The maximum atomic E-state index is 12.9. The molecule has 2 N–H and O–H groups in total. The number of carbonyl (C=O) groups excluding carboxylic acids is 2. The van der Waals surface area contributed by atoms with Crippen molar-refractivity contribution in [1.82, 2.24) is 35.4 Å². The van der Waals surface area contributed by atoms with Crippen LogP contribution in [0.2, 0.25) is 0 Å². The molecule has 8 rings (SSSR count). The van der Waals surface area contributed by atoms with Crippen molar-refractivity contribution >= 4 is 46.2 Å². The Bertz CT molecular complexity index is 2520. The molecule has 2 aliphatic heterocycles. The van der Waals surface area contributed by atoms with E-state index in [2.05, 4.69) is 123 Å². The van der Waals surface area contributed by atoms with E-state index in [1.807, 2.05) is 24.9 Å². The third kappa shape index (κ3) is 10.6. The average molecular weight is 883 g/mol. The van der Waals surface area contributed by atoms with Gasteiger partial charge in [-0.25, -0.2) is 9.97 Å². The second-order valence-corrected chi connectivity index (χ2v) is 19.9. The predicted molar refractivity (Wildman–Crippen MR) is 249 cm³/mol. The lowest BCUT2D eigenvalue weighted by molar-refractivity contribution is -0.131. The molecular weight excluding hydrogens is 833 g/mol. The minimum absolute atomic E-state index is 0.0355. The molecule has 62 heavy (non-hydrogen) atoms. The summed E-state index contributed by atoms with van der Waals surface area (Å²) >= 11 is 5.09. The molecule has 318 valence electrons. The third-order valence-corrected chi connectivity index (χ3v) is 14.2. The summed E-state index contributed by atoms with van der Waals surface area (Å²) in [5.41, 5.74) is 6.76. The molecule has 0 aliphatic carbocycles. The molecule has 5 heterocycles. The van der Waals surface area contributed by atoms with Crippen molar-refractivity contribution in [3.8, 4) is 54.0 Å². The molecule has 3 aromatic heterocycles. The van der Waals surface area contributed by atoms with Crippen LogP contribution in [0.3, 0.4) is 0 Å². The first-order valence-corrected chi connectivity index (χ1v) is 23.5. The zero-order chi connectivity index (χ0) is 43.2. The van der Waals surface area contributed by atoms with E-state index in [1.54, 1.807) is 36.8 Å². The molecule has 0 saturated carbocycles. The van der Waals surface area contributed by atoms with Gasteiger partial charge in [0.2, 0.25) is 11.8 Å². The summed E-state index contributed by atoms with van der Waals surface area (Å²) in [6, 6.07) is 29.6. The normalized spacial score (nSPS) is 15.1. The fourth-order valence-corrected chi connectivity index (χ4v) is 10.2. The number of carbonyl (C=O) groups is 2. The summed E-state index contributed by atoms with van der Waals surface area (Å²) in [6.45, 7) is 11.4. The van der Waals surface area contributed by atoms with Crippen molar-refractivity contribution < 1.29 is 14.3 Å². The van der Waals surface area contributed by atoms with Crippen LogP contribution in [0, 0.1) is 23.2 Å². The molecule has 2 amide bonds. The largest absolute Gasteiger partial charge is 0.488 e. The molecule has 2 fully saturated rings. The standard InChI is InChI=1S/C48H50N8O3S3/c1-30(2)60-40-15-13-34(14-16-40)43-22-53-47(61-43)35-9-5-33(6-10-35)25-56-28-39(29-56)46(58)51-18-17-31(3)59-42-21-52-41(19-37(42)20-49)44-23-54-48(62-44)36-11-7-32(8-12-36)24-55-26-38(27-55)45(57)50-4/h5-16,19,21-23,30-31,38-39H,17-18,24-29H2,1-4H3,(H,50,57)(H,51,58). The maximum Gasteiger partial charge on any atom is 0.225 e. The van der Waals surface area contributed by atoms with Crippen LogP contribution in [-0.4, -0.2) is 87.7 Å².